The van der Waals surface area contributed by atoms with E-state index in [1.807, 2.05) is 32.9 Å². The zero-order chi connectivity index (χ0) is 22.5. The summed E-state index contributed by atoms with van der Waals surface area (Å²) in [4.78, 5) is 12.8. The van der Waals surface area contributed by atoms with Gasteiger partial charge in [0.1, 0.15) is 18.4 Å². The van der Waals surface area contributed by atoms with Crippen molar-refractivity contribution in [2.75, 3.05) is 23.7 Å². The van der Waals surface area contributed by atoms with E-state index in [9.17, 15) is 13.2 Å². The number of benzene rings is 2. The molecule has 0 aromatic heterocycles. The van der Waals surface area contributed by atoms with E-state index in [2.05, 4.69) is 11.4 Å². The summed E-state index contributed by atoms with van der Waals surface area (Å²) < 4.78 is 31.8. The first kappa shape index (κ1) is 24.0. The van der Waals surface area contributed by atoms with Gasteiger partial charge in [0.05, 0.1) is 18.5 Å². The van der Waals surface area contributed by atoms with Crippen molar-refractivity contribution in [3.05, 3.63) is 58.1 Å². The van der Waals surface area contributed by atoms with Crippen LogP contribution in [-0.2, 0) is 14.8 Å². The summed E-state index contributed by atoms with van der Waals surface area (Å²) in [5.41, 5.74) is 3.39. The Labute approximate surface area is 184 Å². The van der Waals surface area contributed by atoms with Gasteiger partial charge in [0, 0.05) is 5.02 Å². The predicted octanol–water partition coefficient (Wildman–Crippen LogP) is 4.01. The van der Waals surface area contributed by atoms with E-state index < -0.39 is 16.1 Å². The number of aryl methyl sites for hydroxylation is 3. The van der Waals surface area contributed by atoms with Crippen LogP contribution in [0.1, 0.15) is 30.0 Å². The van der Waals surface area contributed by atoms with E-state index in [1.165, 1.54) is 0 Å². The Morgan fingerprint density at radius 2 is 1.77 bits per heavy atom. The smallest absolute Gasteiger partial charge is 0.244 e. The highest BCUT2D eigenvalue weighted by Crippen LogP contribution is 2.27. The zero-order valence-corrected chi connectivity index (χ0v) is 19.6. The third kappa shape index (κ3) is 6.37. The van der Waals surface area contributed by atoms with Crippen LogP contribution in [0.2, 0.25) is 5.02 Å². The maximum absolute atomic E-state index is 12.8. The van der Waals surface area contributed by atoms with Gasteiger partial charge < -0.3 is 10.1 Å². The van der Waals surface area contributed by atoms with Gasteiger partial charge in [-0.25, -0.2) is 8.42 Å². The normalized spacial score (nSPS) is 12.3. The maximum atomic E-state index is 12.8. The lowest BCUT2D eigenvalue weighted by atomic mass is 10.1. The van der Waals surface area contributed by atoms with Crippen molar-refractivity contribution in [3.8, 4) is 5.75 Å². The molecule has 0 aliphatic heterocycles. The fraction of sp³-hybridized carbons (Fsp3) is 0.409. The van der Waals surface area contributed by atoms with Crippen LogP contribution < -0.4 is 14.4 Å². The second kappa shape index (κ2) is 10.2. The Kier molecular flexibility index (Phi) is 8.15. The van der Waals surface area contributed by atoms with E-state index in [0.717, 1.165) is 33.0 Å². The van der Waals surface area contributed by atoms with Gasteiger partial charge in [-0.1, -0.05) is 30.7 Å². The number of hydrogen-bond acceptors (Lipinski definition) is 4. The largest absolute Gasteiger partial charge is 0.492 e. The number of sulfonamides is 1. The molecule has 0 bridgehead atoms. The van der Waals surface area contributed by atoms with Crippen LogP contribution in [0, 0.1) is 20.8 Å². The van der Waals surface area contributed by atoms with Crippen LogP contribution in [0.5, 0.6) is 5.75 Å². The maximum Gasteiger partial charge on any atom is 0.244 e. The van der Waals surface area contributed by atoms with Crippen LogP contribution >= 0.6 is 11.6 Å². The minimum atomic E-state index is -3.70. The molecule has 2 rings (SSSR count). The summed E-state index contributed by atoms with van der Waals surface area (Å²) in [5.74, 6) is 0.351. The quantitative estimate of drug-likeness (QED) is 0.583. The molecule has 1 amide bonds. The number of carbonyl (C=O) groups excluding carboxylic acids is 1. The van der Waals surface area contributed by atoms with Crippen molar-refractivity contribution in [1.82, 2.24) is 5.32 Å². The highest BCUT2D eigenvalue weighted by molar-refractivity contribution is 7.92. The van der Waals surface area contributed by atoms with Crippen LogP contribution in [0.25, 0.3) is 0 Å². The topological polar surface area (TPSA) is 75.7 Å². The molecule has 0 heterocycles. The molecule has 0 unspecified atom stereocenters. The Morgan fingerprint density at radius 1 is 1.13 bits per heavy atom. The lowest BCUT2D eigenvalue weighted by Crippen LogP contribution is -2.50. The van der Waals surface area contributed by atoms with E-state index >= 15 is 0 Å². The fourth-order valence-corrected chi connectivity index (χ4v) is 4.63. The summed E-state index contributed by atoms with van der Waals surface area (Å²) >= 11 is 6.18. The molecular weight excluding hydrogens is 424 g/mol. The highest BCUT2D eigenvalue weighted by atomic mass is 35.5. The first-order chi connectivity index (χ1) is 14.0. The second-order valence-electron chi connectivity index (χ2n) is 7.38. The monoisotopic (exact) mass is 452 g/mol. The molecular formula is C22H29ClN2O4S. The number of ether oxygens (including phenoxy) is 1. The van der Waals surface area contributed by atoms with Crippen molar-refractivity contribution in [2.45, 2.75) is 40.2 Å². The van der Waals surface area contributed by atoms with Gasteiger partial charge in [0.15, 0.2) is 0 Å². The second-order valence-corrected chi connectivity index (χ2v) is 9.65. The molecule has 0 saturated carbocycles. The van der Waals surface area contributed by atoms with Gasteiger partial charge in [-0.15, -0.1) is 0 Å². The van der Waals surface area contributed by atoms with Crippen LogP contribution in [0.4, 0.5) is 5.69 Å². The molecule has 6 nitrogen and oxygen atoms in total. The molecule has 8 heteroatoms. The van der Waals surface area contributed by atoms with Crippen molar-refractivity contribution < 1.29 is 17.9 Å². The van der Waals surface area contributed by atoms with Crippen LogP contribution in [0.15, 0.2) is 36.4 Å². The number of rotatable bonds is 9. The number of nitrogens with zero attached hydrogens (tertiary/aromatic N) is 1. The molecule has 0 fully saturated rings. The molecule has 0 spiro atoms. The van der Waals surface area contributed by atoms with E-state index in [1.54, 1.807) is 25.1 Å². The molecule has 0 aliphatic rings. The number of halogens is 1. The van der Waals surface area contributed by atoms with Gasteiger partial charge in [0.2, 0.25) is 15.9 Å². The first-order valence-corrected chi connectivity index (χ1v) is 12.0. The van der Waals surface area contributed by atoms with Crippen LogP contribution in [-0.4, -0.2) is 39.8 Å². The molecule has 164 valence electrons. The molecule has 2 aromatic rings. The summed E-state index contributed by atoms with van der Waals surface area (Å²) in [7, 11) is -3.70. The molecule has 0 aliphatic carbocycles. The van der Waals surface area contributed by atoms with Gasteiger partial charge in [-0.05, 0) is 68.1 Å². The number of carbonyl (C=O) groups is 1. The third-order valence-electron chi connectivity index (χ3n) is 4.60. The molecule has 0 radical (unpaired) electrons. The lowest BCUT2D eigenvalue weighted by Gasteiger charge is -2.30. The average molecular weight is 453 g/mol. The molecule has 2 aromatic carbocycles. The average Bonchev–Trinajstić information content (AvgIpc) is 2.63. The summed E-state index contributed by atoms with van der Waals surface area (Å²) in [5, 5.41) is 3.22. The van der Waals surface area contributed by atoms with Crippen molar-refractivity contribution >= 4 is 33.2 Å². The Hall–Kier alpha value is -2.25. The first-order valence-electron chi connectivity index (χ1n) is 9.77. The van der Waals surface area contributed by atoms with Crippen molar-refractivity contribution in [2.24, 2.45) is 0 Å². The van der Waals surface area contributed by atoms with Gasteiger partial charge in [-0.3, -0.25) is 9.10 Å². The van der Waals surface area contributed by atoms with Crippen LogP contribution in [0.3, 0.4) is 0 Å². The number of nitrogens with one attached hydrogen (secondary N) is 1. The van der Waals surface area contributed by atoms with Gasteiger partial charge in [0.25, 0.3) is 0 Å². The number of amides is 1. The molecule has 1 N–H and O–H groups in total. The Bertz CT molecular complexity index is 988. The summed E-state index contributed by atoms with van der Waals surface area (Å²) in [6, 6.07) is 9.97. The Morgan fingerprint density at radius 3 is 2.30 bits per heavy atom. The van der Waals surface area contributed by atoms with E-state index in [-0.39, 0.29) is 19.1 Å². The third-order valence-corrected chi connectivity index (χ3v) is 6.19. The summed E-state index contributed by atoms with van der Waals surface area (Å²) in [6.07, 6.45) is 1.39. The summed E-state index contributed by atoms with van der Waals surface area (Å²) in [6.45, 7) is 8.12. The zero-order valence-electron chi connectivity index (χ0n) is 18.0. The van der Waals surface area contributed by atoms with Gasteiger partial charge in [-0.2, -0.15) is 0 Å². The number of hydrogen-bond donors (Lipinski definition) is 1. The van der Waals surface area contributed by atoms with Gasteiger partial charge >= 0.3 is 0 Å². The minimum Gasteiger partial charge on any atom is -0.492 e. The SMILES string of the molecule is CC[C@H](C(=O)NCCOc1cc(C)cc(C)c1)N(c1ccc(C)c(Cl)c1)S(C)(=O)=O. The predicted molar refractivity (Wildman–Crippen MR) is 122 cm³/mol. The number of anilines is 1. The van der Waals surface area contributed by atoms with Crippen molar-refractivity contribution in [1.29, 1.82) is 0 Å². The lowest BCUT2D eigenvalue weighted by molar-refractivity contribution is -0.122. The van der Waals surface area contributed by atoms with Crippen molar-refractivity contribution in [3.63, 3.8) is 0 Å². The Balaban J connectivity index is 2.09. The highest BCUT2D eigenvalue weighted by Gasteiger charge is 2.31. The van der Waals surface area contributed by atoms with E-state index in [0.29, 0.717) is 17.1 Å². The fourth-order valence-electron chi connectivity index (χ4n) is 3.26. The van der Waals surface area contributed by atoms with E-state index in [4.69, 9.17) is 16.3 Å². The minimum absolute atomic E-state index is 0.259. The molecule has 0 saturated heterocycles. The molecule has 30 heavy (non-hydrogen) atoms. The standard InChI is InChI=1S/C22H29ClN2O4S/c1-6-21(25(30(5,27)28)18-8-7-17(4)20(23)14-18)22(26)24-9-10-29-19-12-15(2)11-16(3)13-19/h7-8,11-14,21H,6,9-10H2,1-5H3,(H,24,26)/t21-/m1/s1. The molecule has 1 atom stereocenters.